The van der Waals surface area contributed by atoms with Crippen LogP contribution < -0.4 is 14.2 Å². The number of carbonyl (C=O) groups excluding carboxylic acids is 2. The summed E-state index contributed by atoms with van der Waals surface area (Å²) in [4.78, 5) is 25.7. The second kappa shape index (κ2) is 7.22. The molecule has 144 valence electrons. The Morgan fingerprint density at radius 1 is 1.00 bits per heavy atom. The monoisotopic (exact) mass is 370 g/mol. The van der Waals surface area contributed by atoms with Crippen LogP contribution in [0.25, 0.3) is 6.08 Å². The van der Waals surface area contributed by atoms with E-state index in [2.05, 4.69) is 0 Å². The highest BCUT2D eigenvalue weighted by Gasteiger charge is 2.45. The van der Waals surface area contributed by atoms with Crippen molar-refractivity contribution in [3.8, 4) is 17.2 Å². The first-order valence-electron chi connectivity index (χ1n) is 9.14. The summed E-state index contributed by atoms with van der Waals surface area (Å²) in [7, 11) is 4.70. The second-order valence-electron chi connectivity index (χ2n) is 7.33. The molecule has 0 aromatic heterocycles. The number of ether oxygens (including phenoxy) is 3. The van der Waals surface area contributed by atoms with E-state index in [1.807, 2.05) is 13.8 Å². The molecule has 0 radical (unpaired) electrons. The number of carbonyl (C=O) groups is 2. The van der Waals surface area contributed by atoms with Gasteiger partial charge in [0.2, 0.25) is 0 Å². The lowest BCUT2D eigenvalue weighted by molar-refractivity contribution is -0.128. The summed E-state index contributed by atoms with van der Waals surface area (Å²) in [5, 5.41) is 0. The van der Waals surface area contributed by atoms with Crippen molar-refractivity contribution in [3.63, 3.8) is 0 Å². The zero-order valence-electron chi connectivity index (χ0n) is 16.6. The molecule has 0 spiro atoms. The molecule has 1 saturated carbocycles. The Labute approximate surface area is 160 Å². The third kappa shape index (κ3) is 3.15. The van der Waals surface area contributed by atoms with Crippen LogP contribution in [0.15, 0.2) is 28.9 Å². The molecular formula is C22H26O5. The lowest BCUT2D eigenvalue weighted by Gasteiger charge is -2.40. The van der Waals surface area contributed by atoms with Gasteiger partial charge in [0.1, 0.15) is 23.0 Å². The number of Topliss-reactive ketones (excluding diaryl/α,β-unsaturated/α-hetero) is 2. The number of fused-ring (bicyclic) bond motifs is 1. The minimum Gasteiger partial charge on any atom is -0.496 e. The molecule has 0 amide bonds. The summed E-state index contributed by atoms with van der Waals surface area (Å²) in [6, 6.07) is 3.51. The summed E-state index contributed by atoms with van der Waals surface area (Å²) in [6.45, 7) is 3.81. The van der Waals surface area contributed by atoms with Crippen molar-refractivity contribution in [2.24, 2.45) is 5.41 Å². The molecule has 1 unspecified atom stereocenters. The van der Waals surface area contributed by atoms with Gasteiger partial charge in [0.05, 0.1) is 32.3 Å². The van der Waals surface area contributed by atoms with Gasteiger partial charge in [-0.15, -0.1) is 0 Å². The van der Waals surface area contributed by atoms with Crippen LogP contribution in [-0.2, 0) is 9.59 Å². The molecule has 27 heavy (non-hydrogen) atoms. The summed E-state index contributed by atoms with van der Waals surface area (Å²) in [6.07, 6.45) is 4.43. The van der Waals surface area contributed by atoms with Crippen LogP contribution in [0.3, 0.4) is 0 Å². The molecule has 1 aromatic rings. The van der Waals surface area contributed by atoms with Gasteiger partial charge in [-0.2, -0.15) is 0 Å². The zero-order chi connectivity index (χ0) is 19.8. The van der Waals surface area contributed by atoms with Crippen molar-refractivity contribution in [2.75, 3.05) is 21.3 Å². The van der Waals surface area contributed by atoms with Gasteiger partial charge in [0.25, 0.3) is 0 Å². The van der Waals surface area contributed by atoms with E-state index in [4.69, 9.17) is 14.2 Å². The zero-order valence-corrected chi connectivity index (χ0v) is 16.6. The van der Waals surface area contributed by atoms with Gasteiger partial charge in [-0.1, -0.05) is 0 Å². The van der Waals surface area contributed by atoms with Crippen LogP contribution in [0.2, 0.25) is 0 Å². The fraction of sp³-hybridized carbons (Fsp3) is 0.455. The van der Waals surface area contributed by atoms with Crippen LogP contribution in [-0.4, -0.2) is 32.9 Å². The highest BCUT2D eigenvalue weighted by Crippen LogP contribution is 2.49. The Morgan fingerprint density at radius 2 is 1.63 bits per heavy atom. The normalized spacial score (nSPS) is 24.1. The van der Waals surface area contributed by atoms with E-state index in [0.29, 0.717) is 46.8 Å². The highest BCUT2D eigenvalue weighted by molar-refractivity contribution is 6.14. The maximum Gasteiger partial charge on any atom is 0.184 e. The quantitative estimate of drug-likeness (QED) is 0.745. The van der Waals surface area contributed by atoms with Crippen molar-refractivity contribution in [1.29, 1.82) is 0 Å². The second-order valence-corrected chi connectivity index (χ2v) is 7.33. The molecule has 2 aliphatic carbocycles. The van der Waals surface area contributed by atoms with Crippen LogP contribution in [0.4, 0.5) is 0 Å². The molecule has 2 aliphatic rings. The van der Waals surface area contributed by atoms with Gasteiger partial charge in [-0.25, -0.2) is 0 Å². The number of ketones is 2. The van der Waals surface area contributed by atoms with Gasteiger partial charge in [0.15, 0.2) is 5.78 Å². The van der Waals surface area contributed by atoms with Crippen LogP contribution >= 0.6 is 0 Å². The maximum atomic E-state index is 13.0. The van der Waals surface area contributed by atoms with Crippen molar-refractivity contribution in [3.05, 3.63) is 34.4 Å². The molecule has 0 aliphatic heterocycles. The van der Waals surface area contributed by atoms with Crippen molar-refractivity contribution >= 4 is 17.6 Å². The fourth-order valence-electron chi connectivity index (χ4n) is 4.26. The number of benzene rings is 1. The molecule has 1 fully saturated rings. The average molecular weight is 370 g/mol. The van der Waals surface area contributed by atoms with Crippen molar-refractivity contribution in [2.45, 2.75) is 39.5 Å². The predicted octanol–water partition coefficient (Wildman–Crippen LogP) is 4.14. The van der Waals surface area contributed by atoms with E-state index in [0.717, 1.165) is 18.4 Å². The van der Waals surface area contributed by atoms with Gasteiger partial charge < -0.3 is 14.2 Å². The first-order valence-corrected chi connectivity index (χ1v) is 9.14. The maximum absolute atomic E-state index is 13.0. The summed E-state index contributed by atoms with van der Waals surface area (Å²) >= 11 is 0. The number of methoxy groups -OCH3 is 3. The fourth-order valence-corrected chi connectivity index (χ4v) is 4.26. The van der Waals surface area contributed by atoms with Crippen molar-refractivity contribution in [1.82, 2.24) is 0 Å². The molecule has 3 rings (SSSR count). The molecule has 1 aromatic carbocycles. The Balaban J connectivity index is 2.15. The van der Waals surface area contributed by atoms with Gasteiger partial charge in [0, 0.05) is 24.1 Å². The minimum atomic E-state index is -0.588. The SMILES string of the molecule is COc1cc(OC)c(C=C2CC3(C)C(=O)CCCC3=C(C)C2=O)c(OC)c1. The molecule has 0 bridgehead atoms. The van der Waals surface area contributed by atoms with E-state index in [-0.39, 0.29) is 11.6 Å². The predicted molar refractivity (Wildman–Crippen MR) is 103 cm³/mol. The average Bonchev–Trinajstić information content (AvgIpc) is 2.67. The first-order chi connectivity index (χ1) is 12.8. The summed E-state index contributed by atoms with van der Waals surface area (Å²) in [5.41, 5.74) is 2.40. The molecule has 5 heteroatoms. The molecule has 5 nitrogen and oxygen atoms in total. The van der Waals surface area contributed by atoms with Gasteiger partial charge >= 0.3 is 0 Å². The molecular weight excluding hydrogens is 344 g/mol. The van der Waals surface area contributed by atoms with E-state index >= 15 is 0 Å². The highest BCUT2D eigenvalue weighted by atomic mass is 16.5. The van der Waals surface area contributed by atoms with Crippen LogP contribution in [0.5, 0.6) is 17.2 Å². The van der Waals surface area contributed by atoms with Crippen LogP contribution in [0.1, 0.15) is 45.1 Å². The number of rotatable bonds is 4. The standard InChI is InChI=1S/C22H26O5/c1-13-17-7-6-8-20(23)22(17,2)12-14(21(13)24)9-16-18(26-4)10-15(25-3)11-19(16)27-5/h9-11H,6-8,12H2,1-5H3. The number of hydrogen-bond acceptors (Lipinski definition) is 5. The molecule has 0 N–H and O–H groups in total. The lowest BCUT2D eigenvalue weighted by Crippen LogP contribution is -2.39. The Hall–Kier alpha value is -2.56. The Kier molecular flexibility index (Phi) is 5.13. The lowest BCUT2D eigenvalue weighted by atomic mass is 9.62. The van der Waals surface area contributed by atoms with E-state index < -0.39 is 5.41 Å². The first kappa shape index (κ1) is 19.2. The third-order valence-corrected chi connectivity index (χ3v) is 5.81. The molecule has 0 saturated heterocycles. The van der Waals surface area contributed by atoms with E-state index in [1.165, 1.54) is 0 Å². The van der Waals surface area contributed by atoms with Crippen LogP contribution in [0, 0.1) is 5.41 Å². The topological polar surface area (TPSA) is 61.8 Å². The Bertz CT molecular complexity index is 836. The van der Waals surface area contributed by atoms with E-state index in [9.17, 15) is 9.59 Å². The van der Waals surface area contributed by atoms with E-state index in [1.54, 1.807) is 39.5 Å². The van der Waals surface area contributed by atoms with Gasteiger partial charge in [-0.3, -0.25) is 9.59 Å². The number of hydrogen-bond donors (Lipinski definition) is 0. The van der Waals surface area contributed by atoms with Crippen molar-refractivity contribution < 1.29 is 23.8 Å². The third-order valence-electron chi connectivity index (χ3n) is 5.81. The minimum absolute atomic E-state index is 0.00269. The molecule has 0 heterocycles. The number of allylic oxidation sites excluding steroid dienone is 3. The Morgan fingerprint density at radius 3 is 2.19 bits per heavy atom. The smallest absolute Gasteiger partial charge is 0.184 e. The van der Waals surface area contributed by atoms with Gasteiger partial charge in [-0.05, 0) is 50.3 Å². The largest absolute Gasteiger partial charge is 0.496 e. The molecule has 1 atom stereocenters. The summed E-state index contributed by atoms with van der Waals surface area (Å²) < 4.78 is 16.3. The summed E-state index contributed by atoms with van der Waals surface area (Å²) in [5.74, 6) is 1.93.